The molecule has 2 aliphatic carbocycles. The lowest BCUT2D eigenvalue weighted by Gasteiger charge is -2.12. The van der Waals surface area contributed by atoms with E-state index in [1.807, 2.05) is 36.4 Å². The molecule has 0 saturated carbocycles. The van der Waals surface area contributed by atoms with Crippen molar-refractivity contribution in [2.75, 3.05) is 0 Å². The number of allylic oxidation sites excluding steroid dienone is 5. The molecule has 1 aliphatic heterocycles. The van der Waals surface area contributed by atoms with Gasteiger partial charge in [-0.1, -0.05) is 30.3 Å². The van der Waals surface area contributed by atoms with Crippen molar-refractivity contribution in [3.8, 4) is 0 Å². The van der Waals surface area contributed by atoms with Crippen LogP contribution in [0.4, 0.5) is 0 Å². The van der Waals surface area contributed by atoms with Crippen LogP contribution in [-0.4, -0.2) is 11.5 Å². The Hall–Kier alpha value is -2.22. The average Bonchev–Trinajstić information content (AvgIpc) is 2.94. The highest BCUT2D eigenvalue weighted by Crippen LogP contribution is 2.39. The number of hydrogen-bond donors (Lipinski definition) is 0. The number of benzene rings is 1. The summed E-state index contributed by atoms with van der Waals surface area (Å²) in [6.07, 6.45) is 6.37. The third kappa shape index (κ3) is 1.04. The third-order valence-corrected chi connectivity index (χ3v) is 3.47. The summed E-state index contributed by atoms with van der Waals surface area (Å²) in [6, 6.07) is 8.12. The number of nitrogens with zero attached hydrogens (tertiary/aromatic N) is 1. The van der Waals surface area contributed by atoms with Crippen LogP contribution < -0.4 is 0 Å². The molecule has 0 fully saturated rings. The van der Waals surface area contributed by atoms with Gasteiger partial charge in [0.2, 0.25) is 0 Å². The Kier molecular flexibility index (Phi) is 1.52. The summed E-state index contributed by atoms with van der Waals surface area (Å²) >= 11 is 0. The molecule has 1 aromatic rings. The zero-order valence-electron chi connectivity index (χ0n) is 9.10. The molecule has 1 heterocycles. The summed E-state index contributed by atoms with van der Waals surface area (Å²) in [4.78, 5) is 16.9. The van der Waals surface area contributed by atoms with Crippen molar-refractivity contribution in [1.82, 2.24) is 0 Å². The molecule has 0 amide bonds. The van der Waals surface area contributed by atoms with Crippen molar-refractivity contribution >= 4 is 17.2 Å². The van der Waals surface area contributed by atoms with E-state index in [1.54, 1.807) is 0 Å². The standard InChI is InChI=1S/C15H9NO/c17-15-11-6-3-7-13(11)16-14-10-5-2-1-4-9(10)8-12(14)15/h1-7H,8H2. The number of hydrogen-bond acceptors (Lipinski definition) is 2. The summed E-state index contributed by atoms with van der Waals surface area (Å²) in [5.41, 5.74) is 5.61. The second-order valence-electron chi connectivity index (χ2n) is 4.43. The lowest BCUT2D eigenvalue weighted by Crippen LogP contribution is -2.16. The van der Waals surface area contributed by atoms with Gasteiger partial charge in [0.1, 0.15) is 0 Å². The van der Waals surface area contributed by atoms with Gasteiger partial charge in [-0.3, -0.25) is 4.79 Å². The molecule has 2 heteroatoms. The molecule has 17 heavy (non-hydrogen) atoms. The number of carbonyl (C=O) groups excluding carboxylic acids is 1. The maximum atomic E-state index is 12.3. The van der Waals surface area contributed by atoms with Crippen LogP contribution in [0.2, 0.25) is 0 Å². The van der Waals surface area contributed by atoms with E-state index < -0.39 is 0 Å². The summed E-state index contributed by atoms with van der Waals surface area (Å²) in [5, 5.41) is 0. The third-order valence-electron chi connectivity index (χ3n) is 3.47. The first-order chi connectivity index (χ1) is 8.34. The van der Waals surface area contributed by atoms with Crippen molar-refractivity contribution in [2.24, 2.45) is 4.99 Å². The number of Topliss-reactive ketones (excluding diaryl/α,β-unsaturated/α-hetero) is 1. The van der Waals surface area contributed by atoms with E-state index >= 15 is 0 Å². The van der Waals surface area contributed by atoms with Crippen LogP contribution >= 0.6 is 0 Å². The number of rotatable bonds is 0. The predicted octanol–water partition coefficient (Wildman–Crippen LogP) is 2.47. The van der Waals surface area contributed by atoms with Crippen LogP contribution in [0.1, 0.15) is 11.1 Å². The summed E-state index contributed by atoms with van der Waals surface area (Å²) < 4.78 is 0. The van der Waals surface area contributed by atoms with Crippen LogP contribution in [-0.2, 0) is 11.2 Å². The fraction of sp³-hybridized carbons (Fsp3) is 0.0667. The highest BCUT2D eigenvalue weighted by atomic mass is 16.1. The fourth-order valence-corrected chi connectivity index (χ4v) is 2.64. The Balaban J connectivity index is 1.97. The molecule has 80 valence electrons. The van der Waals surface area contributed by atoms with Crippen molar-refractivity contribution in [1.29, 1.82) is 0 Å². The van der Waals surface area contributed by atoms with E-state index in [-0.39, 0.29) is 5.78 Å². The molecule has 2 nitrogen and oxygen atoms in total. The van der Waals surface area contributed by atoms with Crippen LogP contribution in [0.5, 0.6) is 0 Å². The smallest absolute Gasteiger partial charge is 0.193 e. The van der Waals surface area contributed by atoms with Crippen LogP contribution in [0, 0.1) is 0 Å². The van der Waals surface area contributed by atoms with Crippen LogP contribution in [0.3, 0.4) is 0 Å². The van der Waals surface area contributed by atoms with Crippen LogP contribution in [0.25, 0.3) is 5.70 Å². The molecule has 0 N–H and O–H groups in total. The average molecular weight is 219 g/mol. The first kappa shape index (κ1) is 8.88. The molecule has 4 rings (SSSR count). The largest absolute Gasteiger partial charge is 0.289 e. The van der Waals surface area contributed by atoms with E-state index in [0.717, 1.165) is 34.5 Å². The van der Waals surface area contributed by atoms with Gasteiger partial charge in [0, 0.05) is 23.1 Å². The zero-order chi connectivity index (χ0) is 11.4. The van der Waals surface area contributed by atoms with Gasteiger partial charge in [0.25, 0.3) is 0 Å². The Bertz CT molecular complexity index is 687. The topological polar surface area (TPSA) is 29.4 Å². The molecular weight excluding hydrogens is 210 g/mol. The summed E-state index contributed by atoms with van der Waals surface area (Å²) in [7, 11) is 0. The van der Waals surface area contributed by atoms with Gasteiger partial charge in [0.15, 0.2) is 5.78 Å². The maximum Gasteiger partial charge on any atom is 0.193 e. The number of ketones is 1. The monoisotopic (exact) mass is 219 g/mol. The summed E-state index contributed by atoms with van der Waals surface area (Å²) in [5.74, 6) is 0.145. The minimum Gasteiger partial charge on any atom is -0.289 e. The predicted molar refractivity (Wildman–Crippen MR) is 66.7 cm³/mol. The van der Waals surface area contributed by atoms with E-state index in [0.29, 0.717) is 0 Å². The van der Waals surface area contributed by atoms with Crippen molar-refractivity contribution in [3.63, 3.8) is 0 Å². The molecule has 0 bridgehead atoms. The Morgan fingerprint density at radius 2 is 2.06 bits per heavy atom. The first-order valence-electron chi connectivity index (χ1n) is 5.68. The molecule has 0 radical (unpaired) electrons. The van der Waals surface area contributed by atoms with Gasteiger partial charge in [0.05, 0.1) is 11.4 Å². The van der Waals surface area contributed by atoms with Crippen LogP contribution in [0.15, 0.2) is 58.6 Å². The summed E-state index contributed by atoms with van der Waals surface area (Å²) in [6.45, 7) is 0. The minimum absolute atomic E-state index is 0.145. The molecular formula is C15H9NO. The quantitative estimate of drug-likeness (QED) is 0.659. The van der Waals surface area contributed by atoms with Gasteiger partial charge in [-0.2, -0.15) is 0 Å². The maximum absolute atomic E-state index is 12.3. The van der Waals surface area contributed by atoms with Crippen molar-refractivity contribution in [2.45, 2.75) is 6.42 Å². The molecule has 0 atom stereocenters. The molecule has 0 spiro atoms. The second kappa shape index (κ2) is 2.92. The number of carbonyl (C=O) groups is 1. The van der Waals surface area contributed by atoms with E-state index in [4.69, 9.17) is 0 Å². The number of fused-ring (bicyclic) bond motifs is 3. The van der Waals surface area contributed by atoms with Gasteiger partial charge >= 0.3 is 0 Å². The lowest BCUT2D eigenvalue weighted by molar-refractivity contribution is -0.111. The highest BCUT2D eigenvalue weighted by molar-refractivity contribution is 6.37. The molecule has 0 saturated heterocycles. The van der Waals surface area contributed by atoms with Gasteiger partial charge in [-0.05, 0) is 17.7 Å². The minimum atomic E-state index is 0.145. The van der Waals surface area contributed by atoms with E-state index in [9.17, 15) is 4.79 Å². The normalized spacial score (nSPS) is 19.9. The van der Waals surface area contributed by atoms with Gasteiger partial charge in [-0.25, -0.2) is 4.99 Å². The molecule has 0 aromatic heterocycles. The molecule has 3 aliphatic rings. The van der Waals surface area contributed by atoms with E-state index in [2.05, 4.69) is 11.1 Å². The zero-order valence-corrected chi connectivity index (χ0v) is 9.10. The van der Waals surface area contributed by atoms with Crippen molar-refractivity contribution in [3.05, 3.63) is 64.8 Å². The van der Waals surface area contributed by atoms with Gasteiger partial charge in [-0.15, -0.1) is 0 Å². The Morgan fingerprint density at radius 3 is 3.00 bits per heavy atom. The fourth-order valence-electron chi connectivity index (χ4n) is 2.64. The highest BCUT2D eigenvalue weighted by Gasteiger charge is 2.33. The van der Waals surface area contributed by atoms with Gasteiger partial charge < -0.3 is 0 Å². The lowest BCUT2D eigenvalue weighted by atomic mass is 9.97. The SMILES string of the molecule is O=C1C2=CC=CC2=NC2=C1Cc1ccccc12. The molecule has 0 unspecified atom stereocenters. The number of aliphatic imine (C=N–C) groups is 1. The van der Waals surface area contributed by atoms with E-state index in [1.165, 1.54) is 5.56 Å². The Morgan fingerprint density at radius 1 is 1.18 bits per heavy atom. The first-order valence-corrected chi connectivity index (χ1v) is 5.68. The second-order valence-corrected chi connectivity index (χ2v) is 4.43. The molecule has 1 aromatic carbocycles. The Labute approximate surface area is 98.7 Å². The van der Waals surface area contributed by atoms with Crippen molar-refractivity contribution < 1.29 is 4.79 Å².